The fourth-order valence-electron chi connectivity index (χ4n) is 12.2. The van der Waals surface area contributed by atoms with Crippen molar-refractivity contribution in [1.82, 2.24) is 0 Å². The second-order valence-corrected chi connectivity index (χ2v) is 17.7. The summed E-state index contributed by atoms with van der Waals surface area (Å²) in [6, 6.07) is 66.0. The molecule has 0 N–H and O–H groups in total. The van der Waals surface area contributed by atoms with Crippen LogP contribution in [0.2, 0.25) is 0 Å². The van der Waals surface area contributed by atoms with Crippen LogP contribution in [0, 0.1) is 5.92 Å². The molecule has 0 fully saturated rings. The van der Waals surface area contributed by atoms with Crippen LogP contribution in [-0.4, -0.2) is 0 Å². The van der Waals surface area contributed by atoms with Gasteiger partial charge in [0.15, 0.2) is 0 Å². The van der Waals surface area contributed by atoms with E-state index in [1.807, 2.05) is 0 Å². The number of allylic oxidation sites excluding steroid dienone is 12. The van der Waals surface area contributed by atoms with Crippen LogP contribution in [-0.2, 0) is 5.41 Å². The fourth-order valence-corrected chi connectivity index (χ4v) is 12.2. The Morgan fingerprint density at radius 3 is 1.73 bits per heavy atom. The maximum Gasteiger partial charge on any atom is 0.0538 e. The maximum atomic E-state index is 2.65. The summed E-state index contributed by atoms with van der Waals surface area (Å²) in [5, 5.41) is 0. The minimum absolute atomic E-state index is 0.236. The molecule has 0 bridgehead atoms. The molecule has 2 atom stereocenters. The van der Waals surface area contributed by atoms with Crippen LogP contribution < -0.4 is 4.90 Å². The molecule has 0 aliphatic heterocycles. The molecule has 62 heavy (non-hydrogen) atoms. The van der Waals surface area contributed by atoms with Crippen LogP contribution >= 0.6 is 0 Å². The lowest BCUT2D eigenvalue weighted by Gasteiger charge is -2.41. The molecule has 6 aliphatic carbocycles. The highest BCUT2D eigenvalue weighted by molar-refractivity contribution is 6.07. The van der Waals surface area contributed by atoms with Crippen LogP contribution in [0.1, 0.15) is 65.5 Å². The van der Waals surface area contributed by atoms with E-state index in [-0.39, 0.29) is 11.3 Å². The van der Waals surface area contributed by atoms with E-state index in [0.717, 1.165) is 32.1 Å². The predicted molar refractivity (Wildman–Crippen MR) is 259 cm³/mol. The van der Waals surface area contributed by atoms with E-state index in [2.05, 4.69) is 211 Å². The Balaban J connectivity index is 1.01. The van der Waals surface area contributed by atoms with Crippen LogP contribution in [0.25, 0.3) is 55.7 Å². The molecule has 7 aromatic rings. The third kappa shape index (κ3) is 5.09. The van der Waals surface area contributed by atoms with E-state index in [9.17, 15) is 0 Å². The van der Waals surface area contributed by atoms with E-state index in [0.29, 0.717) is 0 Å². The number of nitrogens with zero attached hydrogens (tertiary/aromatic N) is 1. The summed E-state index contributed by atoms with van der Waals surface area (Å²) in [6.45, 7) is 0. The Kier molecular flexibility index (Phi) is 7.97. The van der Waals surface area contributed by atoms with Crippen molar-refractivity contribution < 1.29 is 0 Å². The molecule has 1 heteroatoms. The number of hydrogen-bond acceptors (Lipinski definition) is 1. The van der Waals surface area contributed by atoms with Crippen LogP contribution in [0.4, 0.5) is 5.69 Å². The van der Waals surface area contributed by atoms with E-state index in [1.165, 1.54) is 106 Å². The first kappa shape index (κ1) is 35.5. The molecule has 1 spiro atoms. The lowest BCUT2D eigenvalue weighted by atomic mass is 9.63. The highest BCUT2D eigenvalue weighted by Crippen LogP contribution is 2.66. The van der Waals surface area contributed by atoms with Crippen molar-refractivity contribution in [2.24, 2.45) is 5.92 Å². The van der Waals surface area contributed by atoms with Crippen molar-refractivity contribution >= 4 is 28.0 Å². The van der Waals surface area contributed by atoms with Crippen molar-refractivity contribution in [2.75, 3.05) is 4.90 Å². The van der Waals surface area contributed by atoms with E-state index in [1.54, 1.807) is 5.57 Å². The smallest absolute Gasteiger partial charge is 0.0538 e. The van der Waals surface area contributed by atoms with Gasteiger partial charge < -0.3 is 4.90 Å². The number of hydrogen-bond donors (Lipinski definition) is 0. The zero-order valence-corrected chi connectivity index (χ0v) is 34.7. The summed E-state index contributed by atoms with van der Waals surface area (Å²) >= 11 is 0. The van der Waals surface area contributed by atoms with Crippen molar-refractivity contribution in [3.05, 3.63) is 257 Å². The van der Waals surface area contributed by atoms with Crippen molar-refractivity contribution in [3.63, 3.8) is 0 Å². The third-order valence-electron chi connectivity index (χ3n) is 14.8. The maximum absolute atomic E-state index is 2.65. The molecule has 1 nitrogen and oxygen atoms in total. The highest BCUT2D eigenvalue weighted by Gasteiger charge is 2.57. The number of benzene rings is 7. The summed E-state index contributed by atoms with van der Waals surface area (Å²) in [5.41, 5.74) is 27.1. The molecule has 0 saturated heterocycles. The SMILES string of the molecule is C1=CC2=C(CC1)c1ccccc1C21c2ccccc2C2=CC=C(N(C3=CC4=C(CC3)c3ccccc3-c3ccccc3-c3ccccc34)c3ccc(-c4ccccc4)cc3)CC21. The van der Waals surface area contributed by atoms with Gasteiger partial charge in [0.1, 0.15) is 0 Å². The molecule has 0 heterocycles. The Morgan fingerprint density at radius 1 is 0.435 bits per heavy atom. The van der Waals surface area contributed by atoms with Crippen molar-refractivity contribution in [1.29, 1.82) is 0 Å². The van der Waals surface area contributed by atoms with Gasteiger partial charge in [0.25, 0.3) is 0 Å². The molecule has 6 aliphatic rings. The minimum Gasteiger partial charge on any atom is -0.318 e. The quantitative estimate of drug-likeness (QED) is 0.172. The zero-order valence-electron chi connectivity index (χ0n) is 34.7. The van der Waals surface area contributed by atoms with Gasteiger partial charge in [-0.1, -0.05) is 182 Å². The first-order valence-corrected chi connectivity index (χ1v) is 22.5. The minimum atomic E-state index is -0.236. The lowest BCUT2D eigenvalue weighted by molar-refractivity contribution is 0.477. The molecule has 7 aromatic carbocycles. The Labute approximate surface area is 364 Å². The van der Waals surface area contributed by atoms with Crippen molar-refractivity contribution in [2.45, 2.75) is 37.5 Å². The fraction of sp³-hybridized carbons (Fsp3) is 0.115. The monoisotopic (exact) mass is 791 g/mol. The highest BCUT2D eigenvalue weighted by atomic mass is 15.2. The molecular weight excluding hydrogens is 747 g/mol. The molecule has 294 valence electrons. The second kappa shape index (κ2) is 13.9. The van der Waals surface area contributed by atoms with E-state index in [4.69, 9.17) is 0 Å². The van der Waals surface area contributed by atoms with Crippen LogP contribution in [0.5, 0.6) is 0 Å². The topological polar surface area (TPSA) is 3.24 Å². The molecule has 0 radical (unpaired) electrons. The van der Waals surface area contributed by atoms with Gasteiger partial charge >= 0.3 is 0 Å². The van der Waals surface area contributed by atoms with Gasteiger partial charge in [-0.3, -0.25) is 0 Å². The standard InChI is InChI=1S/C61H45N/c1-2-16-40(17-3-1)41-30-32-42(33-31-41)62(43-34-36-51-49-22-7-6-20-47(49)45-18-4-5-19-46(45)48-21-8-9-23-50(48)56(51)38-43)44-35-37-55-54-26-12-15-29-59(54)61(60(55)39-44)57-27-13-10-24-52(57)53-25-11-14-28-58(53)61/h1-10,12-24,26-33,35,37-38,60H,11,25,34,36,39H2. The van der Waals surface area contributed by atoms with Gasteiger partial charge in [-0.05, 0) is 151 Å². The second-order valence-electron chi connectivity index (χ2n) is 17.7. The lowest BCUT2D eigenvalue weighted by Crippen LogP contribution is -2.36. The molecule has 0 saturated carbocycles. The van der Waals surface area contributed by atoms with Gasteiger partial charge in [0.2, 0.25) is 0 Å². The summed E-state index contributed by atoms with van der Waals surface area (Å²) < 4.78 is 0. The first-order valence-electron chi connectivity index (χ1n) is 22.5. The van der Waals surface area contributed by atoms with Gasteiger partial charge in [-0.15, -0.1) is 0 Å². The predicted octanol–water partition coefficient (Wildman–Crippen LogP) is 15.5. The van der Waals surface area contributed by atoms with Gasteiger partial charge in [-0.2, -0.15) is 0 Å². The molecule has 2 unspecified atom stereocenters. The summed E-state index contributed by atoms with van der Waals surface area (Å²) in [4.78, 5) is 2.65. The first-order chi connectivity index (χ1) is 30.8. The van der Waals surface area contributed by atoms with Crippen LogP contribution in [0.3, 0.4) is 0 Å². The van der Waals surface area contributed by atoms with Crippen LogP contribution in [0.15, 0.2) is 223 Å². The van der Waals surface area contributed by atoms with Gasteiger partial charge in [0, 0.05) is 23.0 Å². The Bertz CT molecular complexity index is 3200. The molecule has 13 rings (SSSR count). The van der Waals surface area contributed by atoms with Gasteiger partial charge in [0.05, 0.1) is 5.41 Å². The number of rotatable bonds is 4. The van der Waals surface area contributed by atoms with Gasteiger partial charge in [-0.25, -0.2) is 0 Å². The number of anilines is 1. The summed E-state index contributed by atoms with van der Waals surface area (Å²) in [5.74, 6) is 0.256. The molecule has 0 aromatic heterocycles. The Morgan fingerprint density at radius 2 is 1.00 bits per heavy atom. The van der Waals surface area contributed by atoms with Crippen molar-refractivity contribution in [3.8, 4) is 33.4 Å². The normalized spacial score (nSPS) is 19.9. The number of fused-ring (bicyclic) bond motifs is 16. The largest absolute Gasteiger partial charge is 0.318 e. The third-order valence-corrected chi connectivity index (χ3v) is 14.8. The zero-order chi connectivity index (χ0) is 40.8. The summed E-state index contributed by atoms with van der Waals surface area (Å²) in [6.07, 6.45) is 17.4. The van der Waals surface area contributed by atoms with E-state index < -0.39 is 0 Å². The van der Waals surface area contributed by atoms with E-state index >= 15 is 0 Å². The molecule has 0 amide bonds. The Hall–Kier alpha value is -7.22. The molecular formula is C61H45N. The average Bonchev–Trinajstić information content (AvgIpc) is 3.81. The average molecular weight is 792 g/mol. The summed E-state index contributed by atoms with van der Waals surface area (Å²) in [7, 11) is 0.